The van der Waals surface area contributed by atoms with Crippen molar-refractivity contribution < 1.29 is 14.5 Å². The summed E-state index contributed by atoms with van der Waals surface area (Å²) >= 11 is 12.0. The Bertz CT molecular complexity index is 934. The number of nitro benzene ring substituents is 1. The number of non-ortho nitro benzene ring substituents is 1. The zero-order valence-corrected chi connectivity index (χ0v) is 17.6. The van der Waals surface area contributed by atoms with Gasteiger partial charge in [-0.1, -0.05) is 49.2 Å². The number of carbonyl (C=O) groups is 2. The van der Waals surface area contributed by atoms with Gasteiger partial charge in [0.2, 0.25) is 5.91 Å². The quantitative estimate of drug-likeness (QED) is 0.490. The third-order valence-corrected chi connectivity index (χ3v) is 4.90. The van der Waals surface area contributed by atoms with E-state index in [1.54, 1.807) is 32.0 Å². The Labute approximate surface area is 178 Å². The number of hydrogen-bond donors (Lipinski definition) is 2. The smallest absolute Gasteiger partial charge is 0.270 e. The van der Waals surface area contributed by atoms with Crippen LogP contribution in [0.15, 0.2) is 42.5 Å². The first-order valence-corrected chi connectivity index (χ1v) is 9.66. The van der Waals surface area contributed by atoms with E-state index in [1.165, 1.54) is 12.1 Å². The number of carbonyl (C=O) groups excluding carboxylic acids is 2. The minimum Gasteiger partial charge on any atom is -0.348 e. The van der Waals surface area contributed by atoms with Crippen LogP contribution in [0.2, 0.25) is 10.0 Å². The number of rotatable bonds is 7. The van der Waals surface area contributed by atoms with Crippen molar-refractivity contribution in [3.05, 3.63) is 73.8 Å². The Morgan fingerprint density at radius 1 is 1.03 bits per heavy atom. The maximum Gasteiger partial charge on any atom is 0.270 e. The second-order valence-electron chi connectivity index (χ2n) is 6.90. The maximum absolute atomic E-state index is 12.8. The molecule has 0 heterocycles. The zero-order valence-electron chi connectivity index (χ0n) is 16.1. The zero-order chi connectivity index (χ0) is 21.7. The highest BCUT2D eigenvalue weighted by atomic mass is 35.5. The van der Waals surface area contributed by atoms with Gasteiger partial charge >= 0.3 is 0 Å². The summed E-state index contributed by atoms with van der Waals surface area (Å²) in [6, 6.07) is 9.54. The van der Waals surface area contributed by atoms with Crippen LogP contribution in [0.1, 0.15) is 42.7 Å². The average molecular weight is 438 g/mol. The van der Waals surface area contributed by atoms with Gasteiger partial charge in [0.15, 0.2) is 0 Å². The highest BCUT2D eigenvalue weighted by Gasteiger charge is 2.27. The van der Waals surface area contributed by atoms with Crippen LogP contribution in [0, 0.1) is 16.0 Å². The van der Waals surface area contributed by atoms with Crippen LogP contribution in [0.3, 0.4) is 0 Å². The molecule has 0 aliphatic heterocycles. The molecule has 0 fully saturated rings. The van der Waals surface area contributed by atoms with Crippen molar-refractivity contribution in [2.75, 3.05) is 0 Å². The number of nitro groups is 1. The van der Waals surface area contributed by atoms with Crippen LogP contribution in [-0.4, -0.2) is 22.8 Å². The average Bonchev–Trinajstić information content (AvgIpc) is 2.65. The molecule has 2 atom stereocenters. The Balaban J connectivity index is 2.14. The summed E-state index contributed by atoms with van der Waals surface area (Å²) in [6.45, 7) is 5.41. The fourth-order valence-electron chi connectivity index (χ4n) is 2.72. The van der Waals surface area contributed by atoms with Crippen LogP contribution in [-0.2, 0) is 4.79 Å². The molecule has 9 heteroatoms. The Kier molecular flexibility index (Phi) is 7.59. The Morgan fingerprint density at radius 2 is 1.72 bits per heavy atom. The fourth-order valence-corrected chi connectivity index (χ4v) is 3.18. The van der Waals surface area contributed by atoms with Gasteiger partial charge < -0.3 is 10.6 Å². The second-order valence-corrected chi connectivity index (χ2v) is 7.75. The largest absolute Gasteiger partial charge is 0.348 e. The highest BCUT2D eigenvalue weighted by molar-refractivity contribution is 6.34. The van der Waals surface area contributed by atoms with Crippen LogP contribution in [0.5, 0.6) is 0 Å². The van der Waals surface area contributed by atoms with Crippen molar-refractivity contribution in [2.45, 2.75) is 32.9 Å². The lowest BCUT2D eigenvalue weighted by Crippen LogP contribution is -2.50. The molecule has 0 spiro atoms. The SMILES string of the molecule is CC(NC(=O)C(NC(=O)c1ccc([N+](=O)[O-])cc1Cl)C(C)C)c1cccc(Cl)c1. The van der Waals surface area contributed by atoms with E-state index in [0.717, 1.165) is 11.6 Å². The van der Waals surface area contributed by atoms with E-state index in [-0.39, 0.29) is 34.1 Å². The summed E-state index contributed by atoms with van der Waals surface area (Å²) in [4.78, 5) is 35.6. The Hall–Kier alpha value is -2.64. The monoisotopic (exact) mass is 437 g/mol. The molecule has 0 saturated carbocycles. The van der Waals surface area contributed by atoms with E-state index < -0.39 is 16.9 Å². The lowest BCUT2D eigenvalue weighted by atomic mass is 10.0. The van der Waals surface area contributed by atoms with E-state index >= 15 is 0 Å². The summed E-state index contributed by atoms with van der Waals surface area (Å²) in [7, 11) is 0. The molecule has 0 aromatic heterocycles. The first-order chi connectivity index (χ1) is 13.6. The minimum absolute atomic E-state index is 0.0543. The van der Waals surface area contributed by atoms with Gasteiger partial charge in [0.1, 0.15) is 6.04 Å². The predicted octanol–water partition coefficient (Wildman–Crippen LogP) is 4.53. The van der Waals surface area contributed by atoms with Crippen molar-refractivity contribution in [1.82, 2.24) is 10.6 Å². The first-order valence-electron chi connectivity index (χ1n) is 8.90. The van der Waals surface area contributed by atoms with Gasteiger partial charge in [-0.05, 0) is 36.6 Å². The molecule has 7 nitrogen and oxygen atoms in total. The molecule has 0 aliphatic carbocycles. The number of nitrogens with one attached hydrogen (secondary N) is 2. The summed E-state index contributed by atoms with van der Waals surface area (Å²) in [6.07, 6.45) is 0. The molecular formula is C20H21Cl2N3O4. The molecule has 2 aromatic rings. The third kappa shape index (κ3) is 5.92. The summed E-state index contributed by atoms with van der Waals surface area (Å²) in [5.41, 5.74) is 0.664. The normalized spacial score (nSPS) is 12.9. The van der Waals surface area contributed by atoms with E-state index in [2.05, 4.69) is 10.6 Å². The summed E-state index contributed by atoms with van der Waals surface area (Å²) in [5.74, 6) is -1.16. The second kappa shape index (κ2) is 9.71. The van der Waals surface area contributed by atoms with Gasteiger partial charge in [-0.25, -0.2) is 0 Å². The number of nitrogens with zero attached hydrogens (tertiary/aromatic N) is 1. The van der Waals surface area contributed by atoms with Gasteiger partial charge in [-0.3, -0.25) is 19.7 Å². The summed E-state index contributed by atoms with van der Waals surface area (Å²) in [5, 5.41) is 16.8. The minimum atomic E-state index is -0.824. The van der Waals surface area contributed by atoms with Crippen molar-refractivity contribution >= 4 is 40.7 Å². The number of halogens is 2. The molecular weight excluding hydrogens is 417 g/mol. The topological polar surface area (TPSA) is 101 Å². The Morgan fingerprint density at radius 3 is 2.28 bits per heavy atom. The van der Waals surface area contributed by atoms with E-state index in [9.17, 15) is 19.7 Å². The highest BCUT2D eigenvalue weighted by Crippen LogP contribution is 2.23. The van der Waals surface area contributed by atoms with E-state index in [4.69, 9.17) is 23.2 Å². The predicted molar refractivity (Wildman–Crippen MR) is 112 cm³/mol. The third-order valence-electron chi connectivity index (χ3n) is 4.35. The number of amides is 2. The maximum atomic E-state index is 12.8. The number of hydrogen-bond acceptors (Lipinski definition) is 4. The van der Waals surface area contributed by atoms with Crippen LogP contribution < -0.4 is 10.6 Å². The molecule has 0 aliphatic rings. The summed E-state index contributed by atoms with van der Waals surface area (Å²) < 4.78 is 0. The van der Waals surface area contributed by atoms with Gasteiger partial charge in [-0.2, -0.15) is 0 Å². The van der Waals surface area contributed by atoms with Gasteiger partial charge in [-0.15, -0.1) is 0 Å². The van der Waals surface area contributed by atoms with Crippen molar-refractivity contribution in [2.24, 2.45) is 5.92 Å². The molecule has 2 aromatic carbocycles. The lowest BCUT2D eigenvalue weighted by molar-refractivity contribution is -0.384. The van der Waals surface area contributed by atoms with Crippen molar-refractivity contribution in [1.29, 1.82) is 0 Å². The molecule has 0 bridgehead atoms. The van der Waals surface area contributed by atoms with Gasteiger partial charge in [0.25, 0.3) is 11.6 Å². The molecule has 154 valence electrons. The molecule has 29 heavy (non-hydrogen) atoms. The number of benzene rings is 2. The molecule has 2 unspecified atom stereocenters. The van der Waals surface area contributed by atoms with Crippen molar-refractivity contribution in [3.63, 3.8) is 0 Å². The molecule has 2 N–H and O–H groups in total. The molecule has 0 radical (unpaired) electrons. The lowest BCUT2D eigenvalue weighted by Gasteiger charge is -2.24. The van der Waals surface area contributed by atoms with E-state index in [1.807, 2.05) is 13.0 Å². The van der Waals surface area contributed by atoms with Gasteiger partial charge in [0, 0.05) is 17.2 Å². The molecule has 0 saturated heterocycles. The van der Waals surface area contributed by atoms with Crippen LogP contribution in [0.25, 0.3) is 0 Å². The van der Waals surface area contributed by atoms with E-state index in [0.29, 0.717) is 5.02 Å². The van der Waals surface area contributed by atoms with Crippen LogP contribution in [0.4, 0.5) is 5.69 Å². The first kappa shape index (κ1) is 22.6. The van der Waals surface area contributed by atoms with Gasteiger partial charge in [0.05, 0.1) is 21.6 Å². The molecule has 2 amide bonds. The molecule has 2 rings (SSSR count). The van der Waals surface area contributed by atoms with Crippen molar-refractivity contribution in [3.8, 4) is 0 Å². The fraction of sp³-hybridized carbons (Fsp3) is 0.300. The standard InChI is InChI=1S/C20H21Cl2N3O4/c1-11(2)18(20(27)23-12(3)13-5-4-6-14(21)9-13)24-19(26)16-8-7-15(25(28)29)10-17(16)22/h4-12,18H,1-3H3,(H,23,27)(H,24,26). The van der Waals surface area contributed by atoms with Crippen LogP contribution >= 0.6 is 23.2 Å².